The van der Waals surface area contributed by atoms with Crippen LogP contribution in [0.4, 0.5) is 5.69 Å². The minimum Gasteiger partial charge on any atom is -0.418 e. The number of hydrogen-bond donors (Lipinski definition) is 1. The third-order valence-corrected chi connectivity index (χ3v) is 2.20. The van der Waals surface area contributed by atoms with Gasteiger partial charge in [0.15, 0.2) is 0 Å². The van der Waals surface area contributed by atoms with Gasteiger partial charge < -0.3 is 10.2 Å². The van der Waals surface area contributed by atoms with Crippen molar-refractivity contribution in [2.75, 3.05) is 5.73 Å². The van der Waals surface area contributed by atoms with Gasteiger partial charge in [-0.15, -0.1) is 0 Å². The molecule has 5 nitrogen and oxygen atoms in total. The van der Waals surface area contributed by atoms with Crippen LogP contribution in [0.25, 0.3) is 22.7 Å². The average molecular weight is 212 g/mol. The first-order valence-electron chi connectivity index (χ1n) is 4.75. The summed E-state index contributed by atoms with van der Waals surface area (Å²) in [6.45, 7) is 0. The summed E-state index contributed by atoms with van der Waals surface area (Å²) in [6, 6.07) is 5.39. The second kappa shape index (κ2) is 3.30. The number of pyridine rings is 2. The fourth-order valence-electron chi connectivity index (χ4n) is 1.46. The molecule has 16 heavy (non-hydrogen) atoms. The van der Waals surface area contributed by atoms with Crippen molar-refractivity contribution >= 4 is 16.9 Å². The molecular formula is C11H8N4O. The summed E-state index contributed by atoms with van der Waals surface area (Å²) < 4.78 is 5.50. The second-order valence-corrected chi connectivity index (χ2v) is 3.35. The largest absolute Gasteiger partial charge is 0.418 e. The molecule has 0 saturated carbocycles. The molecule has 3 rings (SSSR count). The quantitative estimate of drug-likeness (QED) is 0.666. The standard InChI is InChI=1S/C11H8N4O/c12-8-5-9-11(14-6-8)16-10(15-9)7-1-3-13-4-2-7/h1-6H,12H2. The molecule has 0 spiro atoms. The smallest absolute Gasteiger partial charge is 0.247 e. The lowest BCUT2D eigenvalue weighted by Gasteiger charge is -1.90. The molecule has 5 heteroatoms. The van der Waals surface area contributed by atoms with Crippen LogP contribution in [0.3, 0.4) is 0 Å². The molecule has 0 aromatic carbocycles. The van der Waals surface area contributed by atoms with E-state index >= 15 is 0 Å². The molecule has 2 N–H and O–H groups in total. The molecule has 0 fully saturated rings. The Bertz CT molecular complexity index is 633. The Balaban J connectivity index is 2.19. The molecule has 0 aliphatic rings. The van der Waals surface area contributed by atoms with E-state index in [1.807, 2.05) is 12.1 Å². The lowest BCUT2D eigenvalue weighted by atomic mass is 10.3. The van der Waals surface area contributed by atoms with Crippen molar-refractivity contribution in [1.82, 2.24) is 15.0 Å². The zero-order valence-electron chi connectivity index (χ0n) is 8.29. The van der Waals surface area contributed by atoms with E-state index in [0.717, 1.165) is 5.56 Å². The Morgan fingerprint density at radius 3 is 2.81 bits per heavy atom. The Morgan fingerprint density at radius 1 is 1.19 bits per heavy atom. The second-order valence-electron chi connectivity index (χ2n) is 3.35. The van der Waals surface area contributed by atoms with E-state index in [2.05, 4.69) is 15.0 Å². The Morgan fingerprint density at radius 2 is 2.00 bits per heavy atom. The Labute approximate surface area is 91.0 Å². The van der Waals surface area contributed by atoms with Crippen LogP contribution in [0, 0.1) is 0 Å². The molecule has 0 atom stereocenters. The molecular weight excluding hydrogens is 204 g/mol. The van der Waals surface area contributed by atoms with Crippen molar-refractivity contribution in [1.29, 1.82) is 0 Å². The molecule has 0 amide bonds. The van der Waals surface area contributed by atoms with Gasteiger partial charge in [-0.05, 0) is 18.2 Å². The highest BCUT2D eigenvalue weighted by atomic mass is 16.4. The lowest BCUT2D eigenvalue weighted by molar-refractivity contribution is 0.608. The van der Waals surface area contributed by atoms with E-state index in [9.17, 15) is 0 Å². The zero-order valence-corrected chi connectivity index (χ0v) is 8.29. The summed E-state index contributed by atoms with van der Waals surface area (Å²) in [4.78, 5) is 12.3. The van der Waals surface area contributed by atoms with E-state index in [1.54, 1.807) is 24.7 Å². The van der Waals surface area contributed by atoms with Gasteiger partial charge in [0.25, 0.3) is 0 Å². The van der Waals surface area contributed by atoms with Crippen LogP contribution < -0.4 is 5.73 Å². The van der Waals surface area contributed by atoms with Crippen LogP contribution in [0.2, 0.25) is 0 Å². The minimum absolute atomic E-state index is 0.487. The predicted octanol–water partition coefficient (Wildman–Crippen LogP) is 1.87. The highest BCUT2D eigenvalue weighted by Gasteiger charge is 2.08. The molecule has 0 bridgehead atoms. The van der Waals surface area contributed by atoms with Crippen molar-refractivity contribution in [2.24, 2.45) is 0 Å². The van der Waals surface area contributed by atoms with Crippen molar-refractivity contribution in [2.45, 2.75) is 0 Å². The number of oxazole rings is 1. The first-order chi connectivity index (χ1) is 7.83. The third kappa shape index (κ3) is 1.38. The molecule has 0 radical (unpaired) electrons. The lowest BCUT2D eigenvalue weighted by Crippen LogP contribution is -1.85. The highest BCUT2D eigenvalue weighted by molar-refractivity contribution is 5.75. The van der Waals surface area contributed by atoms with Crippen LogP contribution in [-0.4, -0.2) is 15.0 Å². The van der Waals surface area contributed by atoms with E-state index in [1.165, 1.54) is 0 Å². The van der Waals surface area contributed by atoms with Gasteiger partial charge in [0.05, 0.1) is 11.9 Å². The number of nitrogens with zero attached hydrogens (tertiary/aromatic N) is 3. The van der Waals surface area contributed by atoms with Crippen LogP contribution in [0.15, 0.2) is 41.2 Å². The number of hydrogen-bond acceptors (Lipinski definition) is 5. The van der Waals surface area contributed by atoms with Crippen molar-refractivity contribution in [3.05, 3.63) is 36.8 Å². The maximum Gasteiger partial charge on any atom is 0.247 e. The first kappa shape index (κ1) is 8.84. The number of nitrogens with two attached hydrogens (primary N) is 1. The summed E-state index contributed by atoms with van der Waals surface area (Å²) in [6.07, 6.45) is 4.92. The zero-order chi connectivity index (χ0) is 11.0. The summed E-state index contributed by atoms with van der Waals surface area (Å²) in [5.74, 6) is 0.524. The predicted molar refractivity (Wildman–Crippen MR) is 59.4 cm³/mol. The molecule has 3 aromatic rings. The summed E-state index contributed by atoms with van der Waals surface area (Å²) in [7, 11) is 0. The summed E-state index contributed by atoms with van der Waals surface area (Å²) >= 11 is 0. The molecule has 0 saturated heterocycles. The van der Waals surface area contributed by atoms with Gasteiger partial charge in [-0.3, -0.25) is 4.98 Å². The van der Waals surface area contributed by atoms with Crippen molar-refractivity contribution < 1.29 is 4.42 Å². The molecule has 0 aliphatic carbocycles. The molecule has 0 aliphatic heterocycles. The number of rotatable bonds is 1. The Kier molecular flexibility index (Phi) is 1.83. The maximum absolute atomic E-state index is 5.62. The fourth-order valence-corrected chi connectivity index (χ4v) is 1.46. The van der Waals surface area contributed by atoms with Gasteiger partial charge in [0, 0.05) is 18.0 Å². The molecule has 0 unspecified atom stereocenters. The number of nitrogen functional groups attached to an aromatic ring is 1. The van der Waals surface area contributed by atoms with E-state index < -0.39 is 0 Å². The van der Waals surface area contributed by atoms with Gasteiger partial charge in [0.2, 0.25) is 11.6 Å². The third-order valence-electron chi connectivity index (χ3n) is 2.20. The number of anilines is 1. The van der Waals surface area contributed by atoms with Gasteiger partial charge >= 0.3 is 0 Å². The molecule has 3 heterocycles. The normalized spacial score (nSPS) is 10.8. The minimum atomic E-state index is 0.487. The van der Waals surface area contributed by atoms with Gasteiger partial charge in [-0.2, -0.15) is 0 Å². The average Bonchev–Trinajstić information content (AvgIpc) is 2.73. The van der Waals surface area contributed by atoms with Gasteiger partial charge in [-0.1, -0.05) is 0 Å². The topological polar surface area (TPSA) is 77.8 Å². The summed E-state index contributed by atoms with van der Waals surface area (Å²) in [5, 5.41) is 0. The van der Waals surface area contributed by atoms with E-state index in [-0.39, 0.29) is 0 Å². The highest BCUT2D eigenvalue weighted by Crippen LogP contribution is 2.23. The Hall–Kier alpha value is -2.43. The van der Waals surface area contributed by atoms with Crippen LogP contribution in [0.5, 0.6) is 0 Å². The molecule has 78 valence electrons. The summed E-state index contributed by atoms with van der Waals surface area (Å²) in [5.41, 5.74) is 8.20. The number of fused-ring (bicyclic) bond motifs is 1. The van der Waals surface area contributed by atoms with E-state index in [4.69, 9.17) is 10.2 Å². The van der Waals surface area contributed by atoms with Gasteiger partial charge in [0.1, 0.15) is 5.52 Å². The first-order valence-corrected chi connectivity index (χ1v) is 4.75. The van der Waals surface area contributed by atoms with Gasteiger partial charge in [-0.25, -0.2) is 9.97 Å². The van der Waals surface area contributed by atoms with Crippen molar-refractivity contribution in [3.63, 3.8) is 0 Å². The van der Waals surface area contributed by atoms with E-state index in [0.29, 0.717) is 22.8 Å². The molecule has 3 aromatic heterocycles. The van der Waals surface area contributed by atoms with Crippen LogP contribution in [0.1, 0.15) is 0 Å². The number of aromatic nitrogens is 3. The van der Waals surface area contributed by atoms with Crippen LogP contribution >= 0.6 is 0 Å². The SMILES string of the molecule is Nc1cnc2oc(-c3ccncc3)nc2c1. The van der Waals surface area contributed by atoms with Crippen molar-refractivity contribution in [3.8, 4) is 11.5 Å². The van der Waals surface area contributed by atoms with Crippen LogP contribution in [-0.2, 0) is 0 Å². The monoisotopic (exact) mass is 212 g/mol. The maximum atomic E-state index is 5.62. The fraction of sp³-hybridized carbons (Fsp3) is 0.